The van der Waals surface area contributed by atoms with Crippen LogP contribution in [-0.4, -0.2) is 5.71 Å². The summed E-state index contributed by atoms with van der Waals surface area (Å²) < 4.78 is 39.1. The van der Waals surface area contributed by atoms with Crippen LogP contribution in [0.4, 0.5) is 13.2 Å². The standard InChI is InChI=1S/C17H12ClF3N2O/c1-11(15-8-14(18)6-7-16(15)17(19,20)21)23-24-10-13-4-2-12(9-22)3-5-13/h2-8H,10H2,1H3/b23-11+. The van der Waals surface area contributed by atoms with Gasteiger partial charge in [-0.15, -0.1) is 0 Å². The van der Waals surface area contributed by atoms with Crippen molar-refractivity contribution in [2.75, 3.05) is 0 Å². The van der Waals surface area contributed by atoms with Crippen LogP contribution in [0.3, 0.4) is 0 Å². The number of nitriles is 1. The van der Waals surface area contributed by atoms with Gasteiger partial charge in [-0.3, -0.25) is 0 Å². The maximum Gasteiger partial charge on any atom is 0.417 e. The van der Waals surface area contributed by atoms with Crippen LogP contribution in [0.25, 0.3) is 0 Å². The van der Waals surface area contributed by atoms with Crippen molar-refractivity contribution in [1.82, 2.24) is 0 Å². The van der Waals surface area contributed by atoms with E-state index in [9.17, 15) is 13.2 Å². The van der Waals surface area contributed by atoms with Crippen molar-refractivity contribution >= 4 is 17.3 Å². The zero-order valence-electron chi connectivity index (χ0n) is 12.6. The van der Waals surface area contributed by atoms with E-state index in [1.165, 1.54) is 19.1 Å². The summed E-state index contributed by atoms with van der Waals surface area (Å²) in [5.41, 5.74) is 0.364. The van der Waals surface area contributed by atoms with Gasteiger partial charge in [-0.25, -0.2) is 0 Å². The highest BCUT2D eigenvalue weighted by atomic mass is 35.5. The largest absolute Gasteiger partial charge is 0.417 e. The second kappa shape index (κ2) is 7.37. The predicted octanol–water partition coefficient (Wildman–Crippen LogP) is 5.17. The molecule has 0 aliphatic rings. The van der Waals surface area contributed by atoms with Crippen LogP contribution in [0, 0.1) is 11.3 Å². The molecule has 2 rings (SSSR count). The topological polar surface area (TPSA) is 45.4 Å². The van der Waals surface area contributed by atoms with Crippen LogP contribution in [0.2, 0.25) is 5.02 Å². The average molecular weight is 353 g/mol. The number of halogens is 4. The Kier molecular flexibility index (Phi) is 5.47. The van der Waals surface area contributed by atoms with Crippen molar-refractivity contribution in [2.45, 2.75) is 19.7 Å². The molecule has 0 atom stereocenters. The number of oxime groups is 1. The third kappa shape index (κ3) is 4.49. The van der Waals surface area contributed by atoms with Gasteiger partial charge in [0.2, 0.25) is 0 Å². The molecule has 0 aromatic heterocycles. The Hall–Kier alpha value is -2.52. The Morgan fingerprint density at radius 1 is 1.21 bits per heavy atom. The molecule has 24 heavy (non-hydrogen) atoms. The van der Waals surface area contributed by atoms with Crippen molar-refractivity contribution in [3.8, 4) is 6.07 Å². The van der Waals surface area contributed by atoms with Crippen molar-refractivity contribution < 1.29 is 18.0 Å². The van der Waals surface area contributed by atoms with Crippen LogP contribution in [0.1, 0.15) is 29.2 Å². The Morgan fingerprint density at radius 3 is 2.46 bits per heavy atom. The number of hydrogen-bond acceptors (Lipinski definition) is 3. The summed E-state index contributed by atoms with van der Waals surface area (Å²) in [5, 5.41) is 12.6. The number of hydrogen-bond donors (Lipinski definition) is 0. The van der Waals surface area contributed by atoms with E-state index in [4.69, 9.17) is 21.7 Å². The van der Waals surface area contributed by atoms with Gasteiger partial charge in [-0.05, 0) is 42.8 Å². The molecule has 3 nitrogen and oxygen atoms in total. The molecule has 0 amide bonds. The molecule has 0 saturated carbocycles. The summed E-state index contributed by atoms with van der Waals surface area (Å²) >= 11 is 5.78. The highest BCUT2D eigenvalue weighted by Gasteiger charge is 2.34. The third-order valence-electron chi connectivity index (χ3n) is 3.19. The molecule has 2 aromatic carbocycles. The molecule has 0 aliphatic carbocycles. The van der Waals surface area contributed by atoms with Crippen LogP contribution in [0.5, 0.6) is 0 Å². The molecule has 0 bridgehead atoms. The molecule has 0 fully saturated rings. The van der Waals surface area contributed by atoms with Gasteiger partial charge in [0.15, 0.2) is 0 Å². The first-order chi connectivity index (χ1) is 11.3. The van der Waals surface area contributed by atoms with Gasteiger partial charge in [0, 0.05) is 10.6 Å². The van der Waals surface area contributed by atoms with Gasteiger partial charge in [0.05, 0.1) is 22.9 Å². The van der Waals surface area contributed by atoms with E-state index < -0.39 is 11.7 Å². The predicted molar refractivity (Wildman–Crippen MR) is 84.6 cm³/mol. The van der Waals surface area contributed by atoms with Crippen molar-refractivity contribution in [2.24, 2.45) is 5.16 Å². The van der Waals surface area contributed by atoms with Gasteiger partial charge in [0.1, 0.15) is 6.61 Å². The van der Waals surface area contributed by atoms with Crippen LogP contribution in [-0.2, 0) is 17.6 Å². The van der Waals surface area contributed by atoms with Crippen LogP contribution in [0.15, 0.2) is 47.6 Å². The molecule has 0 unspecified atom stereocenters. The molecular formula is C17H12ClF3N2O. The zero-order chi connectivity index (χ0) is 17.7. The fourth-order valence-electron chi connectivity index (χ4n) is 1.99. The Bertz CT molecular complexity index is 793. The minimum Gasteiger partial charge on any atom is -0.391 e. The maximum atomic E-state index is 13.0. The average Bonchev–Trinajstić information content (AvgIpc) is 2.54. The normalized spacial score (nSPS) is 11.9. The fraction of sp³-hybridized carbons (Fsp3) is 0.176. The number of alkyl halides is 3. The van der Waals surface area contributed by atoms with Crippen LogP contribution >= 0.6 is 11.6 Å². The number of nitrogens with zero attached hydrogens (tertiary/aromatic N) is 2. The minimum atomic E-state index is -4.51. The maximum absolute atomic E-state index is 13.0. The van der Waals surface area contributed by atoms with E-state index >= 15 is 0 Å². The smallest absolute Gasteiger partial charge is 0.391 e. The number of rotatable bonds is 4. The Labute approximate surface area is 141 Å². The van der Waals surface area contributed by atoms with E-state index in [0.717, 1.165) is 11.6 Å². The molecule has 0 N–H and O–H groups in total. The summed E-state index contributed by atoms with van der Waals surface area (Å²) in [5.74, 6) is 0. The highest BCUT2D eigenvalue weighted by Crippen LogP contribution is 2.33. The van der Waals surface area contributed by atoms with E-state index in [2.05, 4.69) is 5.16 Å². The van der Waals surface area contributed by atoms with E-state index in [-0.39, 0.29) is 22.9 Å². The summed E-state index contributed by atoms with van der Waals surface area (Å²) in [6.07, 6.45) is -4.51. The lowest BCUT2D eigenvalue weighted by molar-refractivity contribution is -0.137. The number of benzene rings is 2. The highest BCUT2D eigenvalue weighted by molar-refractivity contribution is 6.31. The first kappa shape index (κ1) is 17.8. The lowest BCUT2D eigenvalue weighted by Crippen LogP contribution is -2.12. The fourth-order valence-corrected chi connectivity index (χ4v) is 2.16. The first-order valence-corrected chi connectivity index (χ1v) is 7.22. The second-order valence-corrected chi connectivity index (χ2v) is 5.38. The lowest BCUT2D eigenvalue weighted by Gasteiger charge is -2.12. The van der Waals surface area contributed by atoms with Gasteiger partial charge in [-0.1, -0.05) is 28.9 Å². The summed E-state index contributed by atoms with van der Waals surface area (Å²) in [6.45, 7) is 1.49. The molecule has 7 heteroatoms. The van der Waals surface area contributed by atoms with Gasteiger partial charge >= 0.3 is 6.18 Å². The molecule has 0 heterocycles. The van der Waals surface area contributed by atoms with E-state index in [0.29, 0.717) is 5.56 Å². The van der Waals surface area contributed by atoms with Gasteiger partial charge in [0.25, 0.3) is 0 Å². The minimum absolute atomic E-state index is 0.0680. The van der Waals surface area contributed by atoms with Crippen molar-refractivity contribution in [3.63, 3.8) is 0 Å². The monoisotopic (exact) mass is 352 g/mol. The van der Waals surface area contributed by atoms with Gasteiger partial charge in [-0.2, -0.15) is 18.4 Å². The summed E-state index contributed by atoms with van der Waals surface area (Å²) in [7, 11) is 0. The molecule has 2 aromatic rings. The molecule has 124 valence electrons. The molecule has 0 radical (unpaired) electrons. The van der Waals surface area contributed by atoms with E-state index in [1.807, 2.05) is 6.07 Å². The second-order valence-electron chi connectivity index (χ2n) is 4.95. The molecular weight excluding hydrogens is 341 g/mol. The molecule has 0 aliphatic heterocycles. The zero-order valence-corrected chi connectivity index (χ0v) is 13.3. The van der Waals surface area contributed by atoms with Crippen LogP contribution < -0.4 is 0 Å². The summed E-state index contributed by atoms with van der Waals surface area (Å²) in [6, 6.07) is 11.9. The van der Waals surface area contributed by atoms with Crippen molar-refractivity contribution in [3.05, 3.63) is 69.7 Å². The van der Waals surface area contributed by atoms with Crippen molar-refractivity contribution in [1.29, 1.82) is 5.26 Å². The van der Waals surface area contributed by atoms with E-state index in [1.54, 1.807) is 24.3 Å². The lowest BCUT2D eigenvalue weighted by atomic mass is 10.0. The molecule has 0 saturated heterocycles. The summed E-state index contributed by atoms with van der Waals surface area (Å²) in [4.78, 5) is 5.11. The third-order valence-corrected chi connectivity index (χ3v) is 3.43. The van der Waals surface area contributed by atoms with Gasteiger partial charge < -0.3 is 4.84 Å². The SMILES string of the molecule is C/C(=N\OCc1ccc(C#N)cc1)c1cc(Cl)ccc1C(F)(F)F. The first-order valence-electron chi connectivity index (χ1n) is 6.84. The Morgan fingerprint density at radius 2 is 1.88 bits per heavy atom. The molecule has 0 spiro atoms. The quantitative estimate of drug-likeness (QED) is 0.562. The Balaban J connectivity index is 2.16.